The number of rotatable bonds is 3. The van der Waals surface area contributed by atoms with Gasteiger partial charge in [-0.1, -0.05) is 23.7 Å². The number of amides is 2. The minimum Gasteiger partial charge on any atom is -0.377 e. The number of carbonyl (C=O) groups is 2. The van der Waals surface area contributed by atoms with Crippen molar-refractivity contribution >= 4 is 40.0 Å². The van der Waals surface area contributed by atoms with Crippen molar-refractivity contribution in [3.8, 4) is 0 Å². The van der Waals surface area contributed by atoms with Crippen molar-refractivity contribution < 1.29 is 9.59 Å². The van der Waals surface area contributed by atoms with Crippen LogP contribution in [0.4, 0.5) is 5.69 Å². The summed E-state index contributed by atoms with van der Waals surface area (Å²) in [5.74, 6) is -0.834. The van der Waals surface area contributed by atoms with E-state index in [2.05, 4.69) is 15.8 Å². The molecule has 1 aromatic heterocycles. The van der Waals surface area contributed by atoms with Crippen LogP contribution in [0.15, 0.2) is 48.5 Å². The molecule has 3 aromatic rings. The summed E-state index contributed by atoms with van der Waals surface area (Å²) in [5.41, 5.74) is 7.20. The van der Waals surface area contributed by atoms with E-state index in [1.807, 2.05) is 31.1 Å². The number of benzene rings is 2. The normalized spacial score (nSPS) is 10.5. The van der Waals surface area contributed by atoms with Crippen molar-refractivity contribution in [3.63, 3.8) is 0 Å². The van der Waals surface area contributed by atoms with E-state index in [9.17, 15) is 9.59 Å². The maximum atomic E-state index is 12.3. The average Bonchev–Trinajstić information content (AvgIpc) is 3.02. The molecule has 0 radical (unpaired) electrons. The van der Waals surface area contributed by atoms with Crippen LogP contribution in [-0.4, -0.2) is 30.9 Å². The van der Waals surface area contributed by atoms with E-state index >= 15 is 0 Å². The number of halogens is 1. The van der Waals surface area contributed by atoms with Gasteiger partial charge >= 0.3 is 0 Å². The number of nitrogens with zero attached hydrogens (tertiary/aromatic N) is 1. The first kappa shape index (κ1) is 16.9. The first-order valence-electron chi connectivity index (χ1n) is 7.61. The molecule has 0 aliphatic heterocycles. The van der Waals surface area contributed by atoms with Crippen molar-refractivity contribution in [3.05, 3.63) is 64.8 Å². The number of anilines is 1. The maximum absolute atomic E-state index is 12.3. The number of hydrogen-bond donors (Lipinski definition) is 3. The third kappa shape index (κ3) is 3.59. The van der Waals surface area contributed by atoms with Crippen molar-refractivity contribution in [1.82, 2.24) is 15.8 Å². The summed E-state index contributed by atoms with van der Waals surface area (Å²) in [6.45, 7) is 0. The second-order valence-corrected chi connectivity index (χ2v) is 6.17. The minimum atomic E-state index is -0.442. The molecule has 6 nitrogen and oxygen atoms in total. The predicted molar refractivity (Wildman–Crippen MR) is 99.0 cm³/mol. The highest BCUT2D eigenvalue weighted by Gasteiger charge is 2.14. The number of carbonyl (C=O) groups excluding carboxylic acids is 2. The Morgan fingerprint density at radius 2 is 1.72 bits per heavy atom. The van der Waals surface area contributed by atoms with Crippen LogP contribution in [0.3, 0.4) is 0 Å². The summed E-state index contributed by atoms with van der Waals surface area (Å²) < 4.78 is 0. The number of aromatic amines is 1. The monoisotopic (exact) mass is 356 g/mol. The van der Waals surface area contributed by atoms with Gasteiger partial charge in [0.15, 0.2) is 0 Å². The van der Waals surface area contributed by atoms with Gasteiger partial charge in [-0.2, -0.15) is 0 Å². The van der Waals surface area contributed by atoms with Gasteiger partial charge in [0, 0.05) is 35.7 Å². The molecule has 0 fully saturated rings. The molecule has 3 rings (SSSR count). The first-order chi connectivity index (χ1) is 12.0. The summed E-state index contributed by atoms with van der Waals surface area (Å²) in [5, 5.41) is 1.41. The predicted octanol–water partition coefficient (Wildman–Crippen LogP) is 2.96. The smallest absolute Gasteiger partial charge is 0.286 e. The maximum Gasteiger partial charge on any atom is 0.286 e. The quantitative estimate of drug-likeness (QED) is 0.631. The highest BCUT2D eigenvalue weighted by Crippen LogP contribution is 2.20. The summed E-state index contributed by atoms with van der Waals surface area (Å²) >= 11 is 5.94. The van der Waals surface area contributed by atoms with Crippen LogP contribution in [0.1, 0.15) is 20.8 Å². The molecule has 0 saturated heterocycles. The summed E-state index contributed by atoms with van der Waals surface area (Å²) in [6, 6.07) is 14.1. The molecular formula is C18H17ClN4O2. The molecule has 0 unspecified atom stereocenters. The molecule has 3 N–H and O–H groups in total. The van der Waals surface area contributed by atoms with Crippen LogP contribution < -0.4 is 15.8 Å². The molecule has 7 heteroatoms. The number of fused-ring (bicyclic) bond motifs is 1. The Balaban J connectivity index is 1.72. The lowest BCUT2D eigenvalue weighted by Gasteiger charge is -2.16. The van der Waals surface area contributed by atoms with Crippen molar-refractivity contribution in [2.24, 2.45) is 0 Å². The fourth-order valence-corrected chi connectivity index (χ4v) is 2.71. The number of nitrogens with one attached hydrogen (secondary N) is 3. The molecule has 0 aliphatic rings. The van der Waals surface area contributed by atoms with Gasteiger partial charge < -0.3 is 9.88 Å². The van der Waals surface area contributed by atoms with Crippen LogP contribution in [0, 0.1) is 0 Å². The Bertz CT molecular complexity index is 949. The van der Waals surface area contributed by atoms with Gasteiger partial charge in [0.1, 0.15) is 5.69 Å². The zero-order chi connectivity index (χ0) is 18.0. The molecule has 0 atom stereocenters. The second-order valence-electron chi connectivity index (χ2n) is 5.73. The molecule has 0 aliphatic carbocycles. The van der Waals surface area contributed by atoms with Crippen molar-refractivity contribution in [1.29, 1.82) is 0 Å². The van der Waals surface area contributed by atoms with Gasteiger partial charge in [0.25, 0.3) is 11.8 Å². The van der Waals surface area contributed by atoms with E-state index in [4.69, 9.17) is 11.6 Å². The summed E-state index contributed by atoms with van der Waals surface area (Å²) in [7, 11) is 3.70. The number of para-hydroxylation sites is 1. The SMILES string of the molecule is CN(C)c1ccccc1C(=O)NNC(=O)c1cc2cc(Cl)ccc2[nH]1. The molecule has 0 saturated carbocycles. The van der Waals surface area contributed by atoms with Gasteiger partial charge in [0.2, 0.25) is 0 Å². The Hall–Kier alpha value is -2.99. The van der Waals surface area contributed by atoms with E-state index in [1.54, 1.807) is 36.4 Å². The van der Waals surface area contributed by atoms with Crippen LogP contribution in [0.5, 0.6) is 0 Å². The van der Waals surface area contributed by atoms with Crippen LogP contribution in [0.25, 0.3) is 10.9 Å². The highest BCUT2D eigenvalue weighted by molar-refractivity contribution is 6.31. The third-order valence-electron chi connectivity index (χ3n) is 3.75. The lowest BCUT2D eigenvalue weighted by molar-refractivity contribution is 0.0844. The third-order valence-corrected chi connectivity index (χ3v) is 3.98. The Labute approximate surface area is 149 Å². The molecule has 1 heterocycles. The van der Waals surface area contributed by atoms with Gasteiger partial charge in [-0.3, -0.25) is 20.4 Å². The average molecular weight is 357 g/mol. The van der Waals surface area contributed by atoms with Crippen LogP contribution in [-0.2, 0) is 0 Å². The van der Waals surface area contributed by atoms with E-state index in [1.165, 1.54) is 0 Å². The fraction of sp³-hybridized carbons (Fsp3) is 0.111. The zero-order valence-electron chi connectivity index (χ0n) is 13.8. The number of aromatic nitrogens is 1. The fourth-order valence-electron chi connectivity index (χ4n) is 2.53. The molecule has 2 amide bonds. The number of hydrogen-bond acceptors (Lipinski definition) is 3. The van der Waals surface area contributed by atoms with Crippen molar-refractivity contribution in [2.75, 3.05) is 19.0 Å². The lowest BCUT2D eigenvalue weighted by Crippen LogP contribution is -2.42. The number of hydrazine groups is 1. The van der Waals surface area contributed by atoms with E-state index < -0.39 is 11.8 Å². The Morgan fingerprint density at radius 3 is 2.48 bits per heavy atom. The van der Waals surface area contributed by atoms with Gasteiger partial charge in [-0.15, -0.1) is 0 Å². The molecule has 2 aromatic carbocycles. The number of H-pyrrole nitrogens is 1. The Kier molecular flexibility index (Phi) is 4.63. The van der Waals surface area contributed by atoms with E-state index in [0.29, 0.717) is 16.3 Å². The van der Waals surface area contributed by atoms with E-state index in [0.717, 1.165) is 16.6 Å². The minimum absolute atomic E-state index is 0.332. The summed E-state index contributed by atoms with van der Waals surface area (Å²) in [6.07, 6.45) is 0. The van der Waals surface area contributed by atoms with Crippen molar-refractivity contribution in [2.45, 2.75) is 0 Å². The first-order valence-corrected chi connectivity index (χ1v) is 7.99. The standard InChI is InChI=1S/C18H17ClN4O2/c1-23(2)16-6-4-3-5-13(16)17(24)21-22-18(25)15-10-11-9-12(19)7-8-14(11)20-15/h3-10,20H,1-2H3,(H,21,24)(H,22,25). The molecule has 25 heavy (non-hydrogen) atoms. The van der Waals surface area contributed by atoms with Crippen LogP contribution >= 0.6 is 11.6 Å². The zero-order valence-corrected chi connectivity index (χ0v) is 14.5. The molecular weight excluding hydrogens is 340 g/mol. The molecule has 128 valence electrons. The molecule has 0 spiro atoms. The Morgan fingerprint density at radius 1 is 1.00 bits per heavy atom. The summed E-state index contributed by atoms with van der Waals surface area (Å²) in [4.78, 5) is 29.4. The topological polar surface area (TPSA) is 77.2 Å². The largest absolute Gasteiger partial charge is 0.377 e. The lowest BCUT2D eigenvalue weighted by atomic mass is 10.1. The second kappa shape index (κ2) is 6.86. The van der Waals surface area contributed by atoms with E-state index in [-0.39, 0.29) is 0 Å². The van der Waals surface area contributed by atoms with Crippen LogP contribution in [0.2, 0.25) is 5.02 Å². The molecule has 0 bridgehead atoms. The highest BCUT2D eigenvalue weighted by atomic mass is 35.5. The van der Waals surface area contributed by atoms with Gasteiger partial charge in [0.05, 0.1) is 5.56 Å². The van der Waals surface area contributed by atoms with Gasteiger partial charge in [-0.05, 0) is 36.4 Å². The van der Waals surface area contributed by atoms with Gasteiger partial charge in [-0.25, -0.2) is 0 Å².